The predicted molar refractivity (Wildman–Crippen MR) is 67.0 cm³/mol. The van der Waals surface area contributed by atoms with E-state index in [1.54, 1.807) is 42.5 Å². The highest BCUT2D eigenvalue weighted by Gasteiger charge is 2.05. The molecule has 0 aliphatic carbocycles. The molecule has 2 rings (SSSR count). The summed E-state index contributed by atoms with van der Waals surface area (Å²) in [5.41, 5.74) is 0.537. The first-order chi connectivity index (χ1) is 8.20. The molecule has 4 heteroatoms. The summed E-state index contributed by atoms with van der Waals surface area (Å²) in [4.78, 5) is 0. The summed E-state index contributed by atoms with van der Waals surface area (Å²) in [5.74, 6) is 1.01. The molecule has 2 aromatic carbocycles. The molecule has 0 saturated carbocycles. The minimum Gasteiger partial charge on any atom is -0.504 e. The van der Waals surface area contributed by atoms with Gasteiger partial charge in [-0.3, -0.25) is 0 Å². The van der Waals surface area contributed by atoms with Crippen LogP contribution in [0.5, 0.6) is 17.2 Å². The summed E-state index contributed by atoms with van der Waals surface area (Å²) in [6.45, 7) is 0. The van der Waals surface area contributed by atoms with Crippen molar-refractivity contribution in [1.82, 2.24) is 0 Å². The lowest BCUT2D eigenvalue weighted by Gasteiger charge is -2.07. The molecule has 0 unspecified atom stereocenters. The van der Waals surface area contributed by atoms with Gasteiger partial charge in [-0.15, -0.1) is 0 Å². The van der Waals surface area contributed by atoms with Crippen LogP contribution in [0.4, 0.5) is 0 Å². The first kappa shape index (κ1) is 11.5. The van der Waals surface area contributed by atoms with Gasteiger partial charge in [0.1, 0.15) is 11.8 Å². The molecule has 0 saturated heterocycles. The van der Waals surface area contributed by atoms with Gasteiger partial charge in [0.15, 0.2) is 11.5 Å². The fraction of sp³-hybridized carbons (Fsp3) is 0. The van der Waals surface area contributed by atoms with E-state index in [0.29, 0.717) is 21.5 Å². The first-order valence-corrected chi connectivity index (χ1v) is 5.65. The van der Waals surface area contributed by atoms with Crippen LogP contribution in [0.15, 0.2) is 46.9 Å². The molecule has 0 aromatic heterocycles. The van der Waals surface area contributed by atoms with Gasteiger partial charge in [-0.2, -0.15) is 5.26 Å². The normalized spacial score (nSPS) is 9.65. The summed E-state index contributed by atoms with van der Waals surface area (Å²) in [7, 11) is 0. The molecule has 0 fully saturated rings. The van der Waals surface area contributed by atoms with Crippen molar-refractivity contribution in [1.29, 1.82) is 5.26 Å². The highest BCUT2D eigenvalue weighted by Crippen LogP contribution is 2.31. The lowest BCUT2D eigenvalue weighted by molar-refractivity contribution is 0.411. The van der Waals surface area contributed by atoms with Crippen LogP contribution in [-0.4, -0.2) is 5.11 Å². The number of benzene rings is 2. The zero-order valence-corrected chi connectivity index (χ0v) is 10.3. The van der Waals surface area contributed by atoms with E-state index in [4.69, 9.17) is 10.00 Å². The number of para-hydroxylation sites is 2. The van der Waals surface area contributed by atoms with Crippen LogP contribution in [0.2, 0.25) is 0 Å². The highest BCUT2D eigenvalue weighted by atomic mass is 79.9. The molecule has 3 nitrogen and oxygen atoms in total. The molecule has 84 valence electrons. The second-order valence-electron chi connectivity index (χ2n) is 3.32. The average Bonchev–Trinajstić information content (AvgIpc) is 2.32. The van der Waals surface area contributed by atoms with Crippen LogP contribution >= 0.6 is 15.9 Å². The Labute approximate surface area is 107 Å². The maximum Gasteiger partial charge on any atom is 0.169 e. The van der Waals surface area contributed by atoms with E-state index in [1.165, 1.54) is 0 Å². The lowest BCUT2D eigenvalue weighted by atomic mass is 10.2. The van der Waals surface area contributed by atoms with Crippen LogP contribution in [0.1, 0.15) is 5.56 Å². The number of ether oxygens (including phenoxy) is 1. The number of rotatable bonds is 2. The number of phenolic OH excluding ortho intramolecular Hbond substituents is 1. The summed E-state index contributed by atoms with van der Waals surface area (Å²) >= 11 is 3.27. The summed E-state index contributed by atoms with van der Waals surface area (Å²) in [6, 6.07) is 13.8. The maximum absolute atomic E-state index is 9.55. The molecule has 1 N–H and O–H groups in total. The average molecular weight is 290 g/mol. The molecule has 2 aromatic rings. The minimum absolute atomic E-state index is 0.0768. The van der Waals surface area contributed by atoms with Crippen LogP contribution in [0.25, 0.3) is 0 Å². The number of halogens is 1. The van der Waals surface area contributed by atoms with Crippen LogP contribution < -0.4 is 4.74 Å². The Morgan fingerprint density at radius 1 is 1.18 bits per heavy atom. The quantitative estimate of drug-likeness (QED) is 0.914. The number of hydrogen-bond donors (Lipinski definition) is 1. The molecule has 0 heterocycles. The molecular weight excluding hydrogens is 282 g/mol. The summed E-state index contributed by atoms with van der Waals surface area (Å²) in [6.07, 6.45) is 0. The number of hydrogen-bond acceptors (Lipinski definition) is 3. The van der Waals surface area contributed by atoms with Crippen LogP contribution in [0.3, 0.4) is 0 Å². The van der Waals surface area contributed by atoms with Gasteiger partial charge >= 0.3 is 0 Å². The van der Waals surface area contributed by atoms with Gasteiger partial charge < -0.3 is 9.84 Å². The third-order valence-electron chi connectivity index (χ3n) is 2.15. The van der Waals surface area contributed by atoms with Crippen molar-refractivity contribution in [2.24, 2.45) is 0 Å². The van der Waals surface area contributed by atoms with Crippen molar-refractivity contribution >= 4 is 15.9 Å². The Balaban J connectivity index is 2.29. The maximum atomic E-state index is 9.55. The summed E-state index contributed by atoms with van der Waals surface area (Å²) < 4.78 is 6.16. The Bertz CT molecular complexity index is 590. The van der Waals surface area contributed by atoms with Gasteiger partial charge in [0.25, 0.3) is 0 Å². The topological polar surface area (TPSA) is 53.2 Å². The third-order valence-corrected chi connectivity index (χ3v) is 2.81. The second kappa shape index (κ2) is 4.89. The van der Waals surface area contributed by atoms with Crippen molar-refractivity contribution in [2.75, 3.05) is 0 Å². The smallest absolute Gasteiger partial charge is 0.169 e. The molecule has 0 aliphatic rings. The number of nitrogens with zero attached hydrogens (tertiary/aromatic N) is 1. The molecule has 0 amide bonds. The van der Waals surface area contributed by atoms with Crippen LogP contribution in [0, 0.1) is 11.3 Å². The summed E-state index contributed by atoms with van der Waals surface area (Å²) in [5, 5.41) is 18.3. The van der Waals surface area contributed by atoms with Crippen molar-refractivity contribution in [2.45, 2.75) is 0 Å². The molecular formula is C13H8BrNO2. The van der Waals surface area contributed by atoms with Gasteiger partial charge in [0, 0.05) is 4.47 Å². The van der Waals surface area contributed by atoms with Gasteiger partial charge in [0.05, 0.1) is 5.56 Å². The SMILES string of the molecule is N#Cc1ccc(Oc2ccccc2O)cc1Br. The Hall–Kier alpha value is -1.99. The number of nitriles is 1. The molecule has 17 heavy (non-hydrogen) atoms. The molecule has 0 spiro atoms. The third kappa shape index (κ3) is 2.58. The van der Waals surface area contributed by atoms with Crippen molar-refractivity contribution in [3.8, 4) is 23.3 Å². The molecule has 0 radical (unpaired) electrons. The molecule has 0 atom stereocenters. The van der Waals surface area contributed by atoms with Gasteiger partial charge in [-0.1, -0.05) is 12.1 Å². The van der Waals surface area contributed by atoms with Gasteiger partial charge in [-0.05, 0) is 46.3 Å². The highest BCUT2D eigenvalue weighted by molar-refractivity contribution is 9.10. The van der Waals surface area contributed by atoms with Gasteiger partial charge in [-0.25, -0.2) is 0 Å². The predicted octanol–water partition coefficient (Wildman–Crippen LogP) is 3.82. The van der Waals surface area contributed by atoms with Crippen molar-refractivity contribution in [3.63, 3.8) is 0 Å². The van der Waals surface area contributed by atoms with Gasteiger partial charge in [0.2, 0.25) is 0 Å². The number of phenols is 1. The second-order valence-corrected chi connectivity index (χ2v) is 4.18. The van der Waals surface area contributed by atoms with E-state index >= 15 is 0 Å². The zero-order chi connectivity index (χ0) is 12.3. The van der Waals surface area contributed by atoms with E-state index in [9.17, 15) is 5.11 Å². The fourth-order valence-corrected chi connectivity index (χ4v) is 1.77. The minimum atomic E-state index is 0.0768. The van der Waals surface area contributed by atoms with Crippen molar-refractivity contribution < 1.29 is 9.84 Å². The first-order valence-electron chi connectivity index (χ1n) is 4.86. The Kier molecular flexibility index (Phi) is 3.31. The van der Waals surface area contributed by atoms with Crippen LogP contribution in [-0.2, 0) is 0 Å². The number of aromatic hydroxyl groups is 1. The Morgan fingerprint density at radius 3 is 2.59 bits per heavy atom. The Morgan fingerprint density at radius 2 is 1.94 bits per heavy atom. The lowest BCUT2D eigenvalue weighted by Crippen LogP contribution is -1.86. The largest absolute Gasteiger partial charge is 0.504 e. The van der Waals surface area contributed by atoms with E-state index in [-0.39, 0.29) is 5.75 Å². The van der Waals surface area contributed by atoms with Crippen molar-refractivity contribution in [3.05, 3.63) is 52.5 Å². The standard InChI is InChI=1S/C13H8BrNO2/c14-11-7-10(6-5-9(11)8-15)17-13-4-2-1-3-12(13)16/h1-7,16H. The molecule has 0 bridgehead atoms. The monoisotopic (exact) mass is 289 g/mol. The van der Waals surface area contributed by atoms with E-state index in [2.05, 4.69) is 15.9 Å². The van der Waals surface area contributed by atoms with E-state index < -0.39 is 0 Å². The van der Waals surface area contributed by atoms with E-state index in [0.717, 1.165) is 0 Å². The fourth-order valence-electron chi connectivity index (χ4n) is 1.32. The molecule has 0 aliphatic heterocycles. The zero-order valence-electron chi connectivity index (χ0n) is 8.72. The van der Waals surface area contributed by atoms with E-state index in [1.807, 2.05) is 6.07 Å².